The Morgan fingerprint density at radius 2 is 2.00 bits per heavy atom. The van der Waals surface area contributed by atoms with Crippen molar-refractivity contribution in [1.29, 1.82) is 0 Å². The van der Waals surface area contributed by atoms with Crippen molar-refractivity contribution in [2.75, 3.05) is 7.05 Å². The highest BCUT2D eigenvalue weighted by atomic mass is 35.5. The molecule has 0 aromatic heterocycles. The topological polar surface area (TPSA) is 29.3 Å². The van der Waals surface area contributed by atoms with Crippen LogP contribution < -0.4 is 5.73 Å². The van der Waals surface area contributed by atoms with Gasteiger partial charge >= 0.3 is 0 Å². The quantitative estimate of drug-likeness (QED) is 0.928. The summed E-state index contributed by atoms with van der Waals surface area (Å²) in [5.41, 5.74) is 7.02. The second-order valence-corrected chi connectivity index (χ2v) is 6.77. The molecule has 3 atom stereocenters. The van der Waals surface area contributed by atoms with Crippen LogP contribution in [-0.4, -0.2) is 30.1 Å². The minimum absolute atomic E-state index is 0.0276. The average molecular weight is 297 g/mol. The second-order valence-electron chi connectivity index (χ2n) is 6.36. The zero-order valence-electron chi connectivity index (χ0n) is 11.9. The molecular weight excluding hydrogens is 275 g/mol. The summed E-state index contributed by atoms with van der Waals surface area (Å²) >= 11 is 5.84. The summed E-state index contributed by atoms with van der Waals surface area (Å²) in [7, 11) is 2.22. The SMILES string of the molecule is CN1C2CCC1CC(C(N)Cc1cccc(Cl)c1F)C2. The van der Waals surface area contributed by atoms with Crippen molar-refractivity contribution in [2.45, 2.75) is 50.2 Å². The van der Waals surface area contributed by atoms with Crippen molar-refractivity contribution < 1.29 is 4.39 Å². The third-order valence-corrected chi connectivity index (χ3v) is 5.52. The molecular formula is C16H22ClFN2. The van der Waals surface area contributed by atoms with Crippen LogP contribution in [0.25, 0.3) is 0 Å². The molecule has 3 unspecified atom stereocenters. The van der Waals surface area contributed by atoms with Crippen LogP contribution in [0.1, 0.15) is 31.2 Å². The van der Waals surface area contributed by atoms with Crippen LogP contribution in [-0.2, 0) is 6.42 Å². The number of rotatable bonds is 3. The first-order valence-corrected chi connectivity index (χ1v) is 7.84. The Bertz CT molecular complexity index is 479. The van der Waals surface area contributed by atoms with Crippen molar-refractivity contribution in [1.82, 2.24) is 4.90 Å². The van der Waals surface area contributed by atoms with Gasteiger partial charge in [0.15, 0.2) is 0 Å². The monoisotopic (exact) mass is 296 g/mol. The summed E-state index contributed by atoms with van der Waals surface area (Å²) in [6, 6.07) is 6.56. The molecule has 0 amide bonds. The number of nitrogens with two attached hydrogens (primary N) is 1. The molecule has 2 fully saturated rings. The van der Waals surface area contributed by atoms with Crippen molar-refractivity contribution in [2.24, 2.45) is 11.7 Å². The van der Waals surface area contributed by atoms with Gasteiger partial charge in [-0.15, -0.1) is 0 Å². The van der Waals surface area contributed by atoms with Crippen LogP contribution >= 0.6 is 11.6 Å². The molecule has 0 radical (unpaired) electrons. The third-order valence-electron chi connectivity index (χ3n) is 5.23. The van der Waals surface area contributed by atoms with E-state index in [-0.39, 0.29) is 16.9 Å². The van der Waals surface area contributed by atoms with Gasteiger partial charge < -0.3 is 10.6 Å². The van der Waals surface area contributed by atoms with Gasteiger partial charge in [0.05, 0.1) is 5.02 Å². The number of halogens is 2. The molecule has 2 saturated heterocycles. The molecule has 110 valence electrons. The first-order chi connectivity index (χ1) is 9.56. The lowest BCUT2D eigenvalue weighted by molar-refractivity contribution is 0.120. The molecule has 2 aliphatic heterocycles. The van der Waals surface area contributed by atoms with Gasteiger partial charge in [-0.1, -0.05) is 23.7 Å². The predicted molar refractivity (Wildman–Crippen MR) is 80.4 cm³/mol. The smallest absolute Gasteiger partial charge is 0.145 e. The highest BCUT2D eigenvalue weighted by Crippen LogP contribution is 2.39. The normalized spacial score (nSPS) is 31.5. The first kappa shape index (κ1) is 14.3. The average Bonchev–Trinajstić information content (AvgIpc) is 2.66. The summed E-state index contributed by atoms with van der Waals surface area (Å²) in [4.78, 5) is 2.50. The lowest BCUT2D eigenvalue weighted by Gasteiger charge is -2.38. The molecule has 4 heteroatoms. The Morgan fingerprint density at radius 1 is 1.35 bits per heavy atom. The first-order valence-electron chi connectivity index (χ1n) is 7.46. The number of benzene rings is 1. The molecule has 3 rings (SSSR count). The Morgan fingerprint density at radius 3 is 2.65 bits per heavy atom. The van der Waals surface area contributed by atoms with E-state index in [1.165, 1.54) is 12.8 Å². The van der Waals surface area contributed by atoms with Crippen LogP contribution in [0.4, 0.5) is 4.39 Å². The number of piperidine rings is 1. The van der Waals surface area contributed by atoms with Gasteiger partial charge in [-0.25, -0.2) is 4.39 Å². The Labute approximate surface area is 125 Å². The van der Waals surface area contributed by atoms with Gasteiger partial charge in [0.2, 0.25) is 0 Å². The maximum Gasteiger partial charge on any atom is 0.145 e. The number of hydrogen-bond acceptors (Lipinski definition) is 2. The Kier molecular flexibility index (Phi) is 4.02. The van der Waals surface area contributed by atoms with Gasteiger partial charge in [0, 0.05) is 18.1 Å². The summed E-state index contributed by atoms with van der Waals surface area (Å²) in [6.45, 7) is 0. The van der Waals surface area contributed by atoms with E-state index in [1.807, 2.05) is 0 Å². The summed E-state index contributed by atoms with van der Waals surface area (Å²) in [6.07, 6.45) is 5.46. The molecule has 0 saturated carbocycles. The summed E-state index contributed by atoms with van der Waals surface area (Å²) in [5.74, 6) is 0.197. The van der Waals surface area contributed by atoms with Crippen LogP contribution in [0.2, 0.25) is 5.02 Å². The lowest BCUT2D eigenvalue weighted by atomic mass is 9.83. The maximum absolute atomic E-state index is 14.0. The van der Waals surface area contributed by atoms with Gasteiger partial charge in [0.1, 0.15) is 5.82 Å². The van der Waals surface area contributed by atoms with Crippen LogP contribution in [0.3, 0.4) is 0 Å². The van der Waals surface area contributed by atoms with E-state index in [0.717, 1.165) is 12.8 Å². The number of hydrogen-bond donors (Lipinski definition) is 1. The van der Waals surface area contributed by atoms with E-state index in [4.69, 9.17) is 17.3 Å². The van der Waals surface area contributed by atoms with E-state index in [2.05, 4.69) is 11.9 Å². The fraction of sp³-hybridized carbons (Fsp3) is 0.625. The molecule has 2 bridgehead atoms. The van der Waals surface area contributed by atoms with E-state index in [1.54, 1.807) is 18.2 Å². The van der Waals surface area contributed by atoms with Crippen LogP contribution in [0, 0.1) is 11.7 Å². The minimum atomic E-state index is -0.305. The molecule has 20 heavy (non-hydrogen) atoms. The molecule has 1 aromatic rings. The molecule has 0 aliphatic carbocycles. The predicted octanol–water partition coefficient (Wildman–Crippen LogP) is 3.22. The van der Waals surface area contributed by atoms with E-state index in [0.29, 0.717) is 30.0 Å². The van der Waals surface area contributed by atoms with E-state index < -0.39 is 0 Å². The fourth-order valence-corrected chi connectivity index (χ4v) is 4.12. The number of fused-ring (bicyclic) bond motifs is 2. The van der Waals surface area contributed by atoms with E-state index >= 15 is 0 Å². The van der Waals surface area contributed by atoms with Gasteiger partial charge in [-0.3, -0.25) is 0 Å². The molecule has 0 spiro atoms. The van der Waals surface area contributed by atoms with Crippen molar-refractivity contribution in [3.05, 3.63) is 34.6 Å². The standard InChI is InChI=1S/C16H22ClFN2/c1-20-12-5-6-13(20)8-11(7-12)15(19)9-10-3-2-4-14(17)16(10)18/h2-4,11-13,15H,5-9,19H2,1H3. The molecule has 2 aliphatic rings. The highest BCUT2D eigenvalue weighted by molar-refractivity contribution is 6.30. The molecule has 1 aromatic carbocycles. The van der Waals surface area contributed by atoms with Crippen LogP contribution in [0.15, 0.2) is 18.2 Å². The zero-order valence-corrected chi connectivity index (χ0v) is 12.6. The third kappa shape index (κ3) is 2.59. The highest BCUT2D eigenvalue weighted by Gasteiger charge is 2.40. The summed E-state index contributed by atoms with van der Waals surface area (Å²) < 4.78 is 14.0. The Balaban J connectivity index is 1.68. The summed E-state index contributed by atoms with van der Waals surface area (Å²) in [5, 5.41) is 0.193. The number of nitrogens with zero attached hydrogens (tertiary/aromatic N) is 1. The lowest BCUT2D eigenvalue weighted by Crippen LogP contribution is -2.46. The van der Waals surface area contributed by atoms with Gasteiger partial charge in [0.25, 0.3) is 0 Å². The molecule has 2 N–H and O–H groups in total. The molecule has 2 heterocycles. The van der Waals surface area contributed by atoms with E-state index in [9.17, 15) is 4.39 Å². The Hall–Kier alpha value is -0.640. The zero-order chi connectivity index (χ0) is 14.3. The fourth-order valence-electron chi connectivity index (χ4n) is 3.93. The largest absolute Gasteiger partial charge is 0.327 e. The second kappa shape index (κ2) is 5.63. The van der Waals surface area contributed by atoms with Crippen molar-refractivity contribution in [3.63, 3.8) is 0 Å². The minimum Gasteiger partial charge on any atom is -0.327 e. The molecule has 2 nitrogen and oxygen atoms in total. The van der Waals surface area contributed by atoms with Crippen molar-refractivity contribution in [3.8, 4) is 0 Å². The maximum atomic E-state index is 14.0. The van der Waals surface area contributed by atoms with Crippen LogP contribution in [0.5, 0.6) is 0 Å². The van der Waals surface area contributed by atoms with Crippen molar-refractivity contribution >= 4 is 11.6 Å². The van der Waals surface area contributed by atoms with Gasteiger partial charge in [-0.2, -0.15) is 0 Å². The van der Waals surface area contributed by atoms with Gasteiger partial charge in [-0.05, 0) is 56.7 Å².